The zero-order chi connectivity index (χ0) is 15.8. The van der Waals surface area contributed by atoms with Crippen molar-refractivity contribution < 1.29 is 21.6 Å². The molecule has 0 atom stereocenters. The smallest absolute Gasteiger partial charge is 0.297 e. The van der Waals surface area contributed by atoms with Crippen LogP contribution >= 0.6 is 0 Å². The second-order valence-electron chi connectivity index (χ2n) is 4.17. The first-order chi connectivity index (χ1) is 9.64. The number of alkyl halides is 3. The van der Waals surface area contributed by atoms with Crippen LogP contribution in [0.25, 0.3) is 11.4 Å². The van der Waals surface area contributed by atoms with E-state index in [-0.39, 0.29) is 12.4 Å². The molecule has 0 radical (unpaired) electrons. The maximum atomic E-state index is 12.5. The van der Waals surface area contributed by atoms with Crippen LogP contribution in [0.5, 0.6) is 0 Å². The number of nitrogens with zero attached hydrogens (tertiary/aromatic N) is 3. The van der Waals surface area contributed by atoms with Crippen LogP contribution in [0.1, 0.15) is 12.5 Å². The van der Waals surface area contributed by atoms with Gasteiger partial charge in [0.2, 0.25) is 0 Å². The van der Waals surface area contributed by atoms with E-state index in [0.717, 1.165) is 12.1 Å². The molecule has 0 unspecified atom stereocenters. The number of benzene rings is 1. The molecule has 114 valence electrons. The van der Waals surface area contributed by atoms with Crippen LogP contribution in [-0.2, 0) is 22.7 Å². The summed E-state index contributed by atoms with van der Waals surface area (Å²) in [6.07, 6.45) is -4.44. The van der Waals surface area contributed by atoms with Gasteiger partial charge in [-0.1, -0.05) is 12.1 Å². The van der Waals surface area contributed by atoms with Gasteiger partial charge < -0.3 is 0 Å². The van der Waals surface area contributed by atoms with E-state index >= 15 is 0 Å². The van der Waals surface area contributed by atoms with Gasteiger partial charge in [0.1, 0.15) is 0 Å². The average molecular weight is 320 g/mol. The SMILES string of the molecule is CCn1c(-c2ccc(C(F)(F)F)cc2)nnc1S(N)(=O)=O. The molecule has 1 aromatic carbocycles. The van der Waals surface area contributed by atoms with Crippen molar-refractivity contribution in [2.75, 3.05) is 0 Å². The van der Waals surface area contributed by atoms with Gasteiger partial charge in [-0.2, -0.15) is 13.2 Å². The number of hydrogen-bond donors (Lipinski definition) is 1. The molecule has 6 nitrogen and oxygen atoms in total. The number of primary sulfonamides is 1. The van der Waals surface area contributed by atoms with Crippen LogP contribution < -0.4 is 5.14 Å². The van der Waals surface area contributed by atoms with Crippen LogP contribution in [0, 0.1) is 0 Å². The minimum atomic E-state index is -4.44. The molecule has 10 heteroatoms. The Morgan fingerprint density at radius 2 is 1.76 bits per heavy atom. The van der Waals surface area contributed by atoms with E-state index < -0.39 is 26.9 Å². The molecule has 0 saturated carbocycles. The second kappa shape index (κ2) is 5.11. The summed E-state index contributed by atoms with van der Waals surface area (Å²) < 4.78 is 61.4. The summed E-state index contributed by atoms with van der Waals surface area (Å²) in [5.74, 6) is 0.134. The van der Waals surface area contributed by atoms with Crippen molar-refractivity contribution in [3.05, 3.63) is 29.8 Å². The molecule has 0 aliphatic rings. The van der Waals surface area contributed by atoms with Gasteiger partial charge in [-0.05, 0) is 19.1 Å². The number of aromatic nitrogens is 3. The third kappa shape index (κ3) is 3.05. The molecule has 21 heavy (non-hydrogen) atoms. The molecule has 0 fully saturated rings. The normalized spacial score (nSPS) is 12.6. The number of rotatable bonds is 3. The molecule has 1 aromatic heterocycles. The molecule has 0 aliphatic heterocycles. The molecule has 1 heterocycles. The van der Waals surface area contributed by atoms with Crippen molar-refractivity contribution >= 4 is 10.0 Å². The second-order valence-corrected chi connectivity index (χ2v) is 5.63. The highest BCUT2D eigenvalue weighted by Crippen LogP contribution is 2.30. The first kappa shape index (κ1) is 15.4. The zero-order valence-corrected chi connectivity index (χ0v) is 11.6. The van der Waals surface area contributed by atoms with Crippen LogP contribution in [0.3, 0.4) is 0 Å². The van der Waals surface area contributed by atoms with Gasteiger partial charge in [-0.25, -0.2) is 13.6 Å². The van der Waals surface area contributed by atoms with Gasteiger partial charge in [0.25, 0.3) is 15.2 Å². The monoisotopic (exact) mass is 320 g/mol. The predicted octanol–water partition coefficient (Wildman–Crippen LogP) is 1.63. The van der Waals surface area contributed by atoms with E-state index in [2.05, 4.69) is 10.2 Å². The van der Waals surface area contributed by atoms with Gasteiger partial charge >= 0.3 is 6.18 Å². The fourth-order valence-corrected chi connectivity index (χ4v) is 2.48. The summed E-state index contributed by atoms with van der Waals surface area (Å²) in [6, 6.07) is 4.18. The molecule has 0 aliphatic carbocycles. The molecule has 2 N–H and O–H groups in total. The summed E-state index contributed by atoms with van der Waals surface area (Å²) in [5.41, 5.74) is -0.493. The van der Waals surface area contributed by atoms with Crippen molar-refractivity contribution in [3.8, 4) is 11.4 Å². The lowest BCUT2D eigenvalue weighted by atomic mass is 10.1. The Balaban J connectivity index is 2.51. The third-order valence-corrected chi connectivity index (χ3v) is 3.57. The summed E-state index contributed by atoms with van der Waals surface area (Å²) in [6.45, 7) is 1.85. The van der Waals surface area contributed by atoms with E-state index in [4.69, 9.17) is 5.14 Å². The molecule has 2 rings (SSSR count). The third-order valence-electron chi connectivity index (χ3n) is 2.76. The van der Waals surface area contributed by atoms with Crippen molar-refractivity contribution in [2.24, 2.45) is 5.14 Å². The van der Waals surface area contributed by atoms with Crippen LogP contribution in [0.15, 0.2) is 29.4 Å². The van der Waals surface area contributed by atoms with Crippen molar-refractivity contribution in [3.63, 3.8) is 0 Å². The van der Waals surface area contributed by atoms with Crippen LogP contribution in [0.4, 0.5) is 13.2 Å². The summed E-state index contributed by atoms with van der Waals surface area (Å²) >= 11 is 0. The Kier molecular flexibility index (Phi) is 3.76. The Bertz CT molecular complexity index is 751. The standard InChI is InChI=1S/C11H11F3N4O2S/c1-2-18-9(16-17-10(18)21(15,19)20)7-3-5-8(6-4-7)11(12,13)14/h3-6H,2H2,1H3,(H2,15,19,20). The Labute approximate surface area is 118 Å². The Morgan fingerprint density at radius 1 is 1.19 bits per heavy atom. The summed E-state index contributed by atoms with van der Waals surface area (Å²) in [4.78, 5) is 0. The quantitative estimate of drug-likeness (QED) is 0.930. The fraction of sp³-hybridized carbons (Fsp3) is 0.273. The number of hydrogen-bond acceptors (Lipinski definition) is 4. The van der Waals surface area contributed by atoms with Gasteiger partial charge in [0.15, 0.2) is 5.82 Å². The number of nitrogens with two attached hydrogens (primary N) is 1. The molecular formula is C11H11F3N4O2S. The molecular weight excluding hydrogens is 309 g/mol. The minimum absolute atomic E-state index is 0.134. The first-order valence-electron chi connectivity index (χ1n) is 5.78. The summed E-state index contributed by atoms with van der Waals surface area (Å²) in [5, 5.41) is 11.7. The maximum Gasteiger partial charge on any atom is 0.416 e. The van der Waals surface area contributed by atoms with E-state index in [9.17, 15) is 21.6 Å². The highest BCUT2D eigenvalue weighted by Gasteiger charge is 2.30. The van der Waals surface area contributed by atoms with E-state index in [1.807, 2.05) is 0 Å². The summed E-state index contributed by atoms with van der Waals surface area (Å²) in [7, 11) is -4.05. The highest BCUT2D eigenvalue weighted by molar-refractivity contribution is 7.89. The predicted molar refractivity (Wildman–Crippen MR) is 67.5 cm³/mol. The maximum absolute atomic E-state index is 12.5. The first-order valence-corrected chi connectivity index (χ1v) is 7.33. The van der Waals surface area contributed by atoms with Gasteiger partial charge in [-0.3, -0.25) is 4.57 Å². The van der Waals surface area contributed by atoms with Gasteiger partial charge in [-0.15, -0.1) is 10.2 Å². The van der Waals surface area contributed by atoms with Crippen LogP contribution in [-0.4, -0.2) is 23.2 Å². The average Bonchev–Trinajstić information content (AvgIpc) is 2.81. The molecule has 0 saturated heterocycles. The van der Waals surface area contributed by atoms with E-state index in [1.54, 1.807) is 6.92 Å². The lowest BCUT2D eigenvalue weighted by molar-refractivity contribution is -0.137. The zero-order valence-electron chi connectivity index (χ0n) is 10.8. The Hall–Kier alpha value is -1.94. The topological polar surface area (TPSA) is 90.9 Å². The Morgan fingerprint density at radius 3 is 2.19 bits per heavy atom. The molecule has 0 spiro atoms. The van der Waals surface area contributed by atoms with Crippen molar-refractivity contribution in [1.29, 1.82) is 0 Å². The van der Waals surface area contributed by atoms with E-state index in [1.165, 1.54) is 16.7 Å². The minimum Gasteiger partial charge on any atom is -0.297 e. The van der Waals surface area contributed by atoms with Crippen LogP contribution in [0.2, 0.25) is 0 Å². The fourth-order valence-electron chi connectivity index (χ4n) is 1.81. The largest absolute Gasteiger partial charge is 0.416 e. The number of halogens is 3. The van der Waals surface area contributed by atoms with Crippen molar-refractivity contribution in [1.82, 2.24) is 14.8 Å². The van der Waals surface area contributed by atoms with E-state index in [0.29, 0.717) is 5.56 Å². The number of sulfonamides is 1. The highest BCUT2D eigenvalue weighted by atomic mass is 32.2. The lowest BCUT2D eigenvalue weighted by Crippen LogP contribution is -2.18. The van der Waals surface area contributed by atoms with Gasteiger partial charge in [0.05, 0.1) is 5.56 Å². The van der Waals surface area contributed by atoms with Gasteiger partial charge in [0, 0.05) is 12.1 Å². The lowest BCUT2D eigenvalue weighted by Gasteiger charge is -2.08. The molecule has 0 bridgehead atoms. The van der Waals surface area contributed by atoms with Crippen molar-refractivity contribution in [2.45, 2.75) is 24.8 Å². The molecule has 0 amide bonds. The molecule has 2 aromatic rings.